The van der Waals surface area contributed by atoms with Gasteiger partial charge in [0.1, 0.15) is 0 Å². The highest BCUT2D eigenvalue weighted by atomic mass is 32.2. The first-order chi connectivity index (χ1) is 9.00. The van der Waals surface area contributed by atoms with E-state index in [0.29, 0.717) is 0 Å². The molecule has 2 rings (SSSR count). The van der Waals surface area contributed by atoms with E-state index in [1.807, 2.05) is 0 Å². The summed E-state index contributed by atoms with van der Waals surface area (Å²) >= 11 is 0. The average molecular weight is 280 g/mol. The Labute approximate surface area is 107 Å². The molecule has 0 aliphatic carbocycles. The molecule has 0 spiro atoms. The van der Waals surface area contributed by atoms with Crippen molar-refractivity contribution in [1.82, 2.24) is 20.1 Å². The molecule has 9 heteroatoms. The van der Waals surface area contributed by atoms with E-state index in [2.05, 4.69) is 15.4 Å². The van der Waals surface area contributed by atoms with Crippen molar-refractivity contribution in [3.63, 3.8) is 0 Å². The summed E-state index contributed by atoms with van der Waals surface area (Å²) in [7, 11) is -4.07. The quantitative estimate of drug-likeness (QED) is 0.574. The van der Waals surface area contributed by atoms with Crippen molar-refractivity contribution >= 4 is 21.7 Å². The first-order valence-corrected chi connectivity index (χ1v) is 6.51. The van der Waals surface area contributed by atoms with Crippen LogP contribution >= 0.6 is 0 Å². The minimum absolute atomic E-state index is 0.115. The van der Waals surface area contributed by atoms with Gasteiger partial charge in [0.25, 0.3) is 15.8 Å². The fourth-order valence-electron chi connectivity index (χ4n) is 1.25. The van der Waals surface area contributed by atoms with Crippen LogP contribution in [0.3, 0.4) is 0 Å². The van der Waals surface area contributed by atoms with Crippen LogP contribution in [0.5, 0.6) is 0 Å². The van der Waals surface area contributed by atoms with Gasteiger partial charge < -0.3 is 0 Å². The summed E-state index contributed by atoms with van der Waals surface area (Å²) in [4.78, 5) is 22.9. The molecule has 1 aromatic heterocycles. The fraction of sp³-hybridized carbons (Fsp3) is 0. The molecule has 1 heterocycles. The number of nitrogens with zero attached hydrogens (tertiary/aromatic N) is 2. The van der Waals surface area contributed by atoms with Crippen molar-refractivity contribution in [1.29, 1.82) is 0 Å². The second kappa shape index (κ2) is 4.98. The highest BCUT2D eigenvalue weighted by Gasteiger charge is 2.24. The van der Waals surface area contributed by atoms with Crippen LogP contribution in [0.1, 0.15) is 10.5 Å². The van der Waals surface area contributed by atoms with E-state index in [4.69, 9.17) is 0 Å². The Morgan fingerprint density at radius 3 is 2.42 bits per heavy atom. The number of ketones is 1. The summed E-state index contributed by atoms with van der Waals surface area (Å²) in [6.07, 6.45) is 1.02. The molecule has 0 saturated heterocycles. The van der Waals surface area contributed by atoms with Crippen molar-refractivity contribution < 1.29 is 18.0 Å². The summed E-state index contributed by atoms with van der Waals surface area (Å²) in [5.41, 5.74) is -0.263. The summed E-state index contributed by atoms with van der Waals surface area (Å²) in [6.45, 7) is 0. The normalized spacial score (nSPS) is 10.9. The Balaban J connectivity index is 2.18. The average Bonchev–Trinajstić information content (AvgIpc) is 2.92. The number of carbonyl (C=O) groups excluding carboxylic acids is 2. The lowest BCUT2D eigenvalue weighted by Gasteiger charge is -2.04. The fourth-order valence-corrected chi connectivity index (χ4v) is 2.22. The van der Waals surface area contributed by atoms with Gasteiger partial charge in [0.2, 0.25) is 0 Å². The van der Waals surface area contributed by atoms with Crippen LogP contribution in [0.25, 0.3) is 0 Å². The van der Waals surface area contributed by atoms with Crippen LogP contribution in [0.15, 0.2) is 41.4 Å². The molecular formula is C10H8N4O4S. The van der Waals surface area contributed by atoms with E-state index < -0.39 is 21.7 Å². The van der Waals surface area contributed by atoms with Crippen LogP contribution in [-0.2, 0) is 14.8 Å². The summed E-state index contributed by atoms with van der Waals surface area (Å²) in [5, 5.41) is 8.90. The van der Waals surface area contributed by atoms with Gasteiger partial charge >= 0.3 is 5.91 Å². The van der Waals surface area contributed by atoms with Gasteiger partial charge in [-0.15, -0.1) is 0 Å². The van der Waals surface area contributed by atoms with Gasteiger partial charge in [-0.1, -0.05) is 18.2 Å². The summed E-state index contributed by atoms with van der Waals surface area (Å²) in [6, 6.07) is 7.23. The number of hydrogen-bond acceptors (Lipinski definition) is 6. The predicted octanol–water partition coefficient (Wildman–Crippen LogP) is -0.508. The maximum atomic E-state index is 11.8. The molecule has 98 valence electrons. The molecule has 0 unspecified atom stereocenters. The van der Waals surface area contributed by atoms with Crippen LogP contribution < -0.4 is 4.72 Å². The molecule has 0 atom stereocenters. The maximum absolute atomic E-state index is 11.8. The Morgan fingerprint density at radius 2 is 1.84 bits per heavy atom. The molecule has 0 fully saturated rings. The molecule has 1 aromatic carbocycles. The third-order valence-electron chi connectivity index (χ3n) is 2.13. The van der Waals surface area contributed by atoms with Crippen molar-refractivity contribution in [3.8, 4) is 0 Å². The van der Waals surface area contributed by atoms with E-state index in [-0.39, 0.29) is 10.6 Å². The number of carbonyl (C=O) groups is 2. The van der Waals surface area contributed by atoms with E-state index in [1.54, 1.807) is 10.8 Å². The van der Waals surface area contributed by atoms with E-state index in [0.717, 1.165) is 6.20 Å². The van der Waals surface area contributed by atoms with Gasteiger partial charge in [-0.25, -0.2) is 13.1 Å². The molecule has 0 aliphatic rings. The minimum atomic E-state index is -4.07. The van der Waals surface area contributed by atoms with Gasteiger partial charge in [-0.3, -0.25) is 9.59 Å². The van der Waals surface area contributed by atoms with Crippen LogP contribution in [-0.4, -0.2) is 35.5 Å². The van der Waals surface area contributed by atoms with Crippen LogP contribution in [0, 0.1) is 0 Å². The summed E-state index contributed by atoms with van der Waals surface area (Å²) < 4.78 is 25.2. The highest BCUT2D eigenvalue weighted by Crippen LogP contribution is 2.07. The molecule has 0 radical (unpaired) electrons. The van der Waals surface area contributed by atoms with Gasteiger partial charge in [-0.2, -0.15) is 15.4 Å². The minimum Gasteiger partial charge on any atom is -0.281 e. The molecule has 19 heavy (non-hydrogen) atoms. The predicted molar refractivity (Wildman–Crippen MR) is 62.5 cm³/mol. The largest absolute Gasteiger partial charge is 0.307 e. The maximum Gasteiger partial charge on any atom is 0.307 e. The molecule has 1 amide bonds. The van der Waals surface area contributed by atoms with Crippen molar-refractivity contribution in [2.75, 3.05) is 0 Å². The molecular weight excluding hydrogens is 272 g/mol. The van der Waals surface area contributed by atoms with Gasteiger partial charge in [-0.05, 0) is 12.1 Å². The van der Waals surface area contributed by atoms with E-state index in [1.165, 1.54) is 24.3 Å². The number of aromatic nitrogens is 3. The number of H-pyrrole nitrogens is 1. The zero-order valence-corrected chi connectivity index (χ0v) is 10.2. The Bertz CT molecular complexity index is 694. The highest BCUT2D eigenvalue weighted by molar-refractivity contribution is 7.90. The number of nitrogens with one attached hydrogen (secondary N) is 2. The molecule has 0 saturated carbocycles. The molecule has 8 nitrogen and oxygen atoms in total. The van der Waals surface area contributed by atoms with E-state index in [9.17, 15) is 18.0 Å². The van der Waals surface area contributed by atoms with Gasteiger partial charge in [0.05, 0.1) is 11.1 Å². The SMILES string of the molecule is O=C(NS(=O)(=O)c1ccccc1)C(=O)c1cn[nH]n1. The first kappa shape index (κ1) is 12.9. The topological polar surface area (TPSA) is 122 Å². The Morgan fingerprint density at radius 1 is 1.16 bits per heavy atom. The number of Topliss-reactive ketones (excluding diaryl/α,β-unsaturated/α-hetero) is 1. The third kappa shape index (κ3) is 2.83. The van der Waals surface area contributed by atoms with Crippen molar-refractivity contribution in [2.24, 2.45) is 0 Å². The number of aromatic amines is 1. The zero-order chi connectivity index (χ0) is 13.9. The van der Waals surface area contributed by atoms with Gasteiger partial charge in [0, 0.05) is 0 Å². The van der Waals surface area contributed by atoms with Crippen LogP contribution in [0.2, 0.25) is 0 Å². The Kier molecular flexibility index (Phi) is 3.38. The number of hydrogen-bond donors (Lipinski definition) is 2. The lowest BCUT2D eigenvalue weighted by Crippen LogP contribution is -2.36. The van der Waals surface area contributed by atoms with Crippen molar-refractivity contribution in [3.05, 3.63) is 42.2 Å². The molecule has 2 N–H and O–H groups in total. The van der Waals surface area contributed by atoms with Crippen LogP contribution in [0.4, 0.5) is 0 Å². The van der Waals surface area contributed by atoms with Gasteiger partial charge in [0.15, 0.2) is 5.69 Å². The lowest BCUT2D eigenvalue weighted by molar-refractivity contribution is -0.115. The first-order valence-electron chi connectivity index (χ1n) is 5.03. The van der Waals surface area contributed by atoms with E-state index >= 15 is 0 Å². The number of amides is 1. The smallest absolute Gasteiger partial charge is 0.281 e. The second-order valence-electron chi connectivity index (χ2n) is 3.43. The van der Waals surface area contributed by atoms with Crippen molar-refractivity contribution in [2.45, 2.75) is 4.90 Å². The second-order valence-corrected chi connectivity index (χ2v) is 5.11. The lowest BCUT2D eigenvalue weighted by atomic mass is 10.3. The standard InChI is InChI=1S/C10H8N4O4S/c15-9(8-6-11-14-12-8)10(16)13-19(17,18)7-4-2-1-3-5-7/h1-6H,(H,13,16)(H,11,12,14). The zero-order valence-electron chi connectivity index (χ0n) is 9.40. The number of benzene rings is 1. The third-order valence-corrected chi connectivity index (χ3v) is 3.48. The number of sulfonamides is 1. The summed E-state index contributed by atoms with van der Waals surface area (Å²) in [5.74, 6) is -2.38. The monoisotopic (exact) mass is 280 g/mol. The Hall–Kier alpha value is -2.55. The molecule has 0 bridgehead atoms. The molecule has 2 aromatic rings. The molecule has 0 aliphatic heterocycles. The number of rotatable bonds is 4.